The Hall–Kier alpha value is -2.70. The highest BCUT2D eigenvalue weighted by Gasteiger charge is 2.18. The standard InChI is InChI=1S/C22H19O2P/c1-24-22(23)17-16-18-10-8-9-15-21(18)25(19-11-4-2-5-12-19)20-13-6-3-7-14-20/h2-17H,1H3/b17-16+. The largest absolute Gasteiger partial charge is 0.466 e. The minimum Gasteiger partial charge on any atom is -0.466 e. The molecule has 0 saturated heterocycles. The molecule has 2 nitrogen and oxygen atoms in total. The molecule has 0 unspecified atom stereocenters. The van der Waals surface area contributed by atoms with E-state index in [1.807, 2.05) is 36.4 Å². The summed E-state index contributed by atoms with van der Waals surface area (Å²) in [7, 11) is 0.683. The third kappa shape index (κ3) is 4.23. The maximum atomic E-state index is 11.5. The molecule has 0 N–H and O–H groups in total. The molecule has 3 rings (SSSR count). The van der Waals surface area contributed by atoms with Crippen molar-refractivity contribution >= 4 is 35.9 Å². The smallest absolute Gasteiger partial charge is 0.330 e. The fourth-order valence-corrected chi connectivity index (χ4v) is 5.08. The molecule has 25 heavy (non-hydrogen) atoms. The van der Waals surface area contributed by atoms with E-state index in [1.54, 1.807) is 0 Å². The van der Waals surface area contributed by atoms with Crippen LogP contribution in [0, 0.1) is 0 Å². The van der Waals surface area contributed by atoms with E-state index in [0.29, 0.717) is 0 Å². The number of rotatable bonds is 5. The minimum atomic E-state index is -0.705. The van der Waals surface area contributed by atoms with Crippen LogP contribution in [0.25, 0.3) is 6.08 Å². The third-order valence-corrected chi connectivity index (χ3v) is 6.32. The van der Waals surface area contributed by atoms with Crippen molar-refractivity contribution in [3.05, 3.63) is 96.6 Å². The molecule has 3 aromatic carbocycles. The zero-order valence-electron chi connectivity index (χ0n) is 14.0. The molecule has 0 fully saturated rings. The molecule has 0 heterocycles. The van der Waals surface area contributed by atoms with Crippen LogP contribution in [0.3, 0.4) is 0 Å². The number of carbonyl (C=O) groups excluding carboxylic acids is 1. The van der Waals surface area contributed by atoms with Gasteiger partial charge in [0.1, 0.15) is 0 Å². The number of hydrogen-bond acceptors (Lipinski definition) is 2. The Balaban J connectivity index is 2.12. The summed E-state index contributed by atoms with van der Waals surface area (Å²) in [6.07, 6.45) is 3.31. The summed E-state index contributed by atoms with van der Waals surface area (Å²) in [6.45, 7) is 0. The predicted octanol–water partition coefficient (Wildman–Crippen LogP) is 3.63. The number of carbonyl (C=O) groups is 1. The van der Waals surface area contributed by atoms with Gasteiger partial charge in [-0.15, -0.1) is 0 Å². The lowest BCUT2D eigenvalue weighted by molar-refractivity contribution is -0.134. The van der Waals surface area contributed by atoms with Gasteiger partial charge in [-0.05, 0) is 35.5 Å². The van der Waals surface area contributed by atoms with Gasteiger partial charge in [0.15, 0.2) is 0 Å². The zero-order chi connectivity index (χ0) is 17.5. The van der Waals surface area contributed by atoms with E-state index in [0.717, 1.165) is 5.56 Å². The molecule has 0 saturated carbocycles. The monoisotopic (exact) mass is 346 g/mol. The molecule has 0 aliphatic heterocycles. The van der Waals surface area contributed by atoms with Crippen molar-refractivity contribution in [3.63, 3.8) is 0 Å². The van der Waals surface area contributed by atoms with E-state index < -0.39 is 7.92 Å². The summed E-state index contributed by atoms with van der Waals surface area (Å²) in [5.41, 5.74) is 1.03. The summed E-state index contributed by atoms with van der Waals surface area (Å²) < 4.78 is 4.72. The van der Waals surface area contributed by atoms with Crippen LogP contribution >= 0.6 is 7.92 Å². The number of ether oxygens (including phenoxy) is 1. The molecule has 0 radical (unpaired) electrons. The van der Waals surface area contributed by atoms with Gasteiger partial charge in [-0.3, -0.25) is 0 Å². The molecule has 0 spiro atoms. The number of hydrogen-bond donors (Lipinski definition) is 0. The van der Waals surface area contributed by atoms with Crippen molar-refractivity contribution in [3.8, 4) is 0 Å². The SMILES string of the molecule is COC(=O)/C=C/c1ccccc1P(c1ccccc1)c1ccccc1. The molecule has 0 aromatic heterocycles. The molecule has 3 heteroatoms. The zero-order valence-corrected chi connectivity index (χ0v) is 14.9. The summed E-state index contributed by atoms with van der Waals surface area (Å²) >= 11 is 0. The number of benzene rings is 3. The molecule has 0 aliphatic rings. The van der Waals surface area contributed by atoms with Gasteiger partial charge in [-0.1, -0.05) is 84.9 Å². The highest BCUT2D eigenvalue weighted by molar-refractivity contribution is 7.80. The Morgan fingerprint density at radius 1 is 0.800 bits per heavy atom. The van der Waals surface area contributed by atoms with Crippen molar-refractivity contribution in [2.75, 3.05) is 7.11 Å². The second-order valence-electron chi connectivity index (χ2n) is 5.42. The van der Waals surface area contributed by atoms with Gasteiger partial charge in [0, 0.05) is 6.08 Å². The van der Waals surface area contributed by atoms with Crippen LogP contribution in [0.15, 0.2) is 91.0 Å². The molecule has 124 valence electrons. The van der Waals surface area contributed by atoms with Gasteiger partial charge in [-0.25, -0.2) is 4.79 Å². The highest BCUT2D eigenvalue weighted by atomic mass is 31.1. The molecule has 0 aliphatic carbocycles. The molecular weight excluding hydrogens is 327 g/mol. The maximum Gasteiger partial charge on any atom is 0.330 e. The Labute approximate surface area is 149 Å². The van der Waals surface area contributed by atoms with Crippen LogP contribution in [-0.2, 0) is 9.53 Å². The van der Waals surface area contributed by atoms with E-state index in [9.17, 15) is 4.79 Å². The molecular formula is C22H19O2P. The minimum absolute atomic E-state index is 0.349. The first-order chi connectivity index (χ1) is 12.3. The fraction of sp³-hybridized carbons (Fsp3) is 0.0455. The number of methoxy groups -OCH3 is 1. The Bertz CT molecular complexity index is 818. The van der Waals surface area contributed by atoms with Crippen molar-refractivity contribution in [2.24, 2.45) is 0 Å². The lowest BCUT2D eigenvalue weighted by atomic mass is 10.2. The van der Waals surface area contributed by atoms with Crippen molar-refractivity contribution in [1.82, 2.24) is 0 Å². The molecule has 0 bridgehead atoms. The number of esters is 1. The Morgan fingerprint density at radius 2 is 1.32 bits per heavy atom. The van der Waals surface area contributed by atoms with Gasteiger partial charge in [0.2, 0.25) is 0 Å². The summed E-state index contributed by atoms with van der Waals surface area (Å²) in [5, 5.41) is 3.78. The average Bonchev–Trinajstić information content (AvgIpc) is 2.69. The predicted molar refractivity (Wildman–Crippen MR) is 106 cm³/mol. The summed E-state index contributed by atoms with van der Waals surface area (Å²) in [5.74, 6) is -0.349. The van der Waals surface area contributed by atoms with E-state index in [4.69, 9.17) is 4.74 Å². The first-order valence-electron chi connectivity index (χ1n) is 8.05. The van der Waals surface area contributed by atoms with Crippen LogP contribution < -0.4 is 15.9 Å². The van der Waals surface area contributed by atoms with Crippen LogP contribution in [-0.4, -0.2) is 13.1 Å². The van der Waals surface area contributed by atoms with Crippen LogP contribution in [0.4, 0.5) is 0 Å². The van der Waals surface area contributed by atoms with Gasteiger partial charge in [-0.2, -0.15) is 0 Å². The van der Waals surface area contributed by atoms with Crippen LogP contribution in [0.5, 0.6) is 0 Å². The van der Waals surface area contributed by atoms with Gasteiger partial charge in [0.25, 0.3) is 0 Å². The molecule has 0 atom stereocenters. The summed E-state index contributed by atoms with van der Waals surface area (Å²) in [6, 6.07) is 29.2. The average molecular weight is 346 g/mol. The van der Waals surface area contributed by atoms with E-state index in [1.165, 1.54) is 29.1 Å². The maximum absolute atomic E-state index is 11.5. The van der Waals surface area contributed by atoms with Crippen molar-refractivity contribution in [1.29, 1.82) is 0 Å². The highest BCUT2D eigenvalue weighted by Crippen LogP contribution is 2.34. The van der Waals surface area contributed by atoms with Crippen LogP contribution in [0.1, 0.15) is 5.56 Å². The molecule has 3 aromatic rings. The second kappa shape index (κ2) is 8.41. The van der Waals surface area contributed by atoms with Gasteiger partial charge in [0.05, 0.1) is 7.11 Å². The lowest BCUT2D eigenvalue weighted by Gasteiger charge is -2.21. The first-order valence-corrected chi connectivity index (χ1v) is 9.39. The topological polar surface area (TPSA) is 26.3 Å². The lowest BCUT2D eigenvalue weighted by Crippen LogP contribution is -2.22. The van der Waals surface area contributed by atoms with E-state index in [-0.39, 0.29) is 5.97 Å². The van der Waals surface area contributed by atoms with Gasteiger partial charge >= 0.3 is 5.97 Å². The normalized spacial score (nSPS) is 11.0. The second-order valence-corrected chi connectivity index (χ2v) is 7.61. The molecule has 0 amide bonds. The van der Waals surface area contributed by atoms with Crippen LogP contribution in [0.2, 0.25) is 0 Å². The fourth-order valence-electron chi connectivity index (χ4n) is 2.64. The van der Waals surface area contributed by atoms with E-state index in [2.05, 4.69) is 54.6 Å². The quantitative estimate of drug-likeness (QED) is 0.401. The first kappa shape index (κ1) is 17.1. The van der Waals surface area contributed by atoms with E-state index >= 15 is 0 Å². The van der Waals surface area contributed by atoms with Crippen molar-refractivity contribution < 1.29 is 9.53 Å². The third-order valence-electron chi connectivity index (χ3n) is 3.81. The van der Waals surface area contributed by atoms with Crippen molar-refractivity contribution in [2.45, 2.75) is 0 Å². The Kier molecular flexibility index (Phi) is 5.77. The summed E-state index contributed by atoms with van der Waals surface area (Å²) in [4.78, 5) is 11.5. The Morgan fingerprint density at radius 3 is 1.88 bits per heavy atom. The van der Waals surface area contributed by atoms with Gasteiger partial charge < -0.3 is 4.74 Å².